The minimum Gasteiger partial charge on any atom is -0.467 e. The molecule has 1 atom stereocenters. The third-order valence-corrected chi connectivity index (χ3v) is 3.57. The van der Waals surface area contributed by atoms with Crippen molar-refractivity contribution in [1.29, 1.82) is 0 Å². The molecule has 20 heavy (non-hydrogen) atoms. The van der Waals surface area contributed by atoms with Crippen LogP contribution in [0.3, 0.4) is 0 Å². The summed E-state index contributed by atoms with van der Waals surface area (Å²) in [5, 5.41) is 0. The summed E-state index contributed by atoms with van der Waals surface area (Å²) >= 11 is 2.98. The fourth-order valence-electron chi connectivity index (χ4n) is 2.27. The first-order valence-corrected chi connectivity index (χ1v) is 6.71. The molecule has 1 unspecified atom stereocenters. The molecule has 1 aliphatic rings. The zero-order valence-corrected chi connectivity index (χ0v) is 12.2. The number of anilines is 1. The second-order valence-electron chi connectivity index (χ2n) is 4.40. The Labute approximate surface area is 122 Å². The highest BCUT2D eigenvalue weighted by atomic mass is 79.9. The smallest absolute Gasteiger partial charge is 0.419 e. The predicted molar refractivity (Wildman–Crippen MR) is 69.3 cm³/mol. The Morgan fingerprint density at radius 3 is 2.85 bits per heavy atom. The number of ether oxygens (including phenoxy) is 1. The van der Waals surface area contributed by atoms with Crippen molar-refractivity contribution >= 4 is 27.7 Å². The van der Waals surface area contributed by atoms with Gasteiger partial charge in [0.25, 0.3) is 0 Å². The Kier molecular flexibility index (Phi) is 4.22. The molecule has 1 aliphatic heterocycles. The van der Waals surface area contributed by atoms with Crippen molar-refractivity contribution in [2.24, 2.45) is 0 Å². The number of methoxy groups -OCH3 is 1. The number of carbonyl (C=O) groups is 1. The summed E-state index contributed by atoms with van der Waals surface area (Å²) in [5.74, 6) is -0.769. The largest absolute Gasteiger partial charge is 0.467 e. The van der Waals surface area contributed by atoms with Gasteiger partial charge in [0, 0.05) is 17.2 Å². The second-order valence-corrected chi connectivity index (χ2v) is 5.31. The molecule has 1 fully saturated rings. The van der Waals surface area contributed by atoms with Crippen molar-refractivity contribution in [2.75, 3.05) is 18.6 Å². The Bertz CT molecular complexity index is 522. The Morgan fingerprint density at radius 2 is 2.25 bits per heavy atom. The van der Waals surface area contributed by atoms with Gasteiger partial charge in [0.05, 0.1) is 12.7 Å². The number of pyridine rings is 1. The van der Waals surface area contributed by atoms with E-state index in [1.807, 2.05) is 0 Å². The van der Waals surface area contributed by atoms with Crippen LogP contribution in [0.1, 0.15) is 18.4 Å². The van der Waals surface area contributed by atoms with E-state index >= 15 is 0 Å². The van der Waals surface area contributed by atoms with Crippen LogP contribution in [0.5, 0.6) is 0 Å². The minimum absolute atomic E-state index is 0.228. The van der Waals surface area contributed by atoms with Crippen LogP contribution < -0.4 is 4.90 Å². The SMILES string of the molecule is COC(=O)C1CCCN1c1ncc(Br)cc1C(F)(F)F. The lowest BCUT2D eigenvalue weighted by Crippen LogP contribution is -2.38. The minimum atomic E-state index is -4.53. The summed E-state index contributed by atoms with van der Waals surface area (Å²) < 4.78 is 44.1. The number of rotatable bonds is 2. The van der Waals surface area contributed by atoms with E-state index in [0.717, 1.165) is 6.07 Å². The van der Waals surface area contributed by atoms with Gasteiger partial charge in [-0.05, 0) is 34.8 Å². The van der Waals surface area contributed by atoms with Crippen LogP contribution in [0.25, 0.3) is 0 Å². The molecule has 1 aromatic rings. The molecule has 1 aromatic heterocycles. The van der Waals surface area contributed by atoms with Crippen LogP contribution in [-0.4, -0.2) is 30.6 Å². The molecular weight excluding hydrogens is 341 g/mol. The highest BCUT2D eigenvalue weighted by Gasteiger charge is 2.40. The Hall–Kier alpha value is -1.31. The van der Waals surface area contributed by atoms with E-state index in [0.29, 0.717) is 19.4 Å². The van der Waals surface area contributed by atoms with Crippen molar-refractivity contribution in [1.82, 2.24) is 4.98 Å². The molecular formula is C12H12BrF3N2O2. The Morgan fingerprint density at radius 1 is 1.55 bits per heavy atom. The monoisotopic (exact) mass is 352 g/mol. The van der Waals surface area contributed by atoms with Crippen LogP contribution in [0, 0.1) is 0 Å². The lowest BCUT2D eigenvalue weighted by Gasteiger charge is -2.26. The van der Waals surface area contributed by atoms with Crippen LogP contribution in [0.4, 0.5) is 19.0 Å². The highest BCUT2D eigenvalue weighted by Crippen LogP contribution is 2.39. The van der Waals surface area contributed by atoms with Crippen molar-refractivity contribution in [3.05, 3.63) is 22.3 Å². The summed E-state index contributed by atoms with van der Waals surface area (Å²) in [5.41, 5.74) is -0.859. The van der Waals surface area contributed by atoms with E-state index in [1.165, 1.54) is 18.2 Å². The topological polar surface area (TPSA) is 42.4 Å². The molecule has 0 N–H and O–H groups in total. The van der Waals surface area contributed by atoms with Gasteiger partial charge in [0.1, 0.15) is 11.9 Å². The molecule has 2 heterocycles. The van der Waals surface area contributed by atoms with Gasteiger partial charge in [0.15, 0.2) is 0 Å². The first kappa shape index (κ1) is 15.1. The number of aromatic nitrogens is 1. The maximum Gasteiger partial charge on any atom is 0.419 e. The molecule has 0 radical (unpaired) electrons. The highest BCUT2D eigenvalue weighted by molar-refractivity contribution is 9.10. The van der Waals surface area contributed by atoms with Gasteiger partial charge in [-0.25, -0.2) is 9.78 Å². The third kappa shape index (κ3) is 2.89. The van der Waals surface area contributed by atoms with Crippen LogP contribution in [-0.2, 0) is 15.7 Å². The summed E-state index contributed by atoms with van der Waals surface area (Å²) in [4.78, 5) is 16.9. The summed E-state index contributed by atoms with van der Waals surface area (Å²) in [7, 11) is 1.22. The number of halogens is 4. The van der Waals surface area contributed by atoms with E-state index in [9.17, 15) is 18.0 Å². The molecule has 0 aliphatic carbocycles. The number of esters is 1. The molecule has 0 bridgehead atoms. The zero-order chi connectivity index (χ0) is 14.9. The lowest BCUT2D eigenvalue weighted by atomic mass is 10.2. The van der Waals surface area contributed by atoms with Gasteiger partial charge >= 0.3 is 12.1 Å². The second kappa shape index (κ2) is 5.59. The average Bonchev–Trinajstić information content (AvgIpc) is 2.85. The third-order valence-electron chi connectivity index (χ3n) is 3.14. The molecule has 1 saturated heterocycles. The van der Waals surface area contributed by atoms with Crippen molar-refractivity contribution in [3.63, 3.8) is 0 Å². The first-order chi connectivity index (χ1) is 9.34. The fraction of sp³-hybridized carbons (Fsp3) is 0.500. The molecule has 2 rings (SSSR count). The van der Waals surface area contributed by atoms with E-state index in [-0.39, 0.29) is 10.3 Å². The quantitative estimate of drug-likeness (QED) is 0.767. The van der Waals surface area contributed by atoms with E-state index < -0.39 is 23.8 Å². The van der Waals surface area contributed by atoms with Crippen molar-refractivity contribution in [2.45, 2.75) is 25.1 Å². The molecule has 8 heteroatoms. The maximum atomic E-state index is 13.1. The normalized spacial score (nSPS) is 19.2. The molecule has 0 amide bonds. The van der Waals surface area contributed by atoms with Gasteiger partial charge in [-0.3, -0.25) is 0 Å². The van der Waals surface area contributed by atoms with Gasteiger partial charge in [0.2, 0.25) is 0 Å². The molecule has 4 nitrogen and oxygen atoms in total. The molecule has 110 valence electrons. The lowest BCUT2D eigenvalue weighted by molar-refractivity contribution is -0.142. The number of nitrogens with zero attached hydrogens (tertiary/aromatic N) is 2. The van der Waals surface area contributed by atoms with E-state index in [1.54, 1.807) is 0 Å². The van der Waals surface area contributed by atoms with Crippen LogP contribution in [0.15, 0.2) is 16.7 Å². The number of carbonyl (C=O) groups excluding carboxylic acids is 1. The molecule has 0 saturated carbocycles. The number of hydrogen-bond acceptors (Lipinski definition) is 4. The summed E-state index contributed by atoms with van der Waals surface area (Å²) in [6.07, 6.45) is -2.16. The first-order valence-electron chi connectivity index (χ1n) is 5.92. The van der Waals surface area contributed by atoms with E-state index in [4.69, 9.17) is 0 Å². The average molecular weight is 353 g/mol. The number of hydrogen-bond donors (Lipinski definition) is 0. The molecule has 0 spiro atoms. The van der Waals surface area contributed by atoms with Crippen molar-refractivity contribution in [3.8, 4) is 0 Å². The van der Waals surface area contributed by atoms with Crippen LogP contribution >= 0.6 is 15.9 Å². The van der Waals surface area contributed by atoms with Crippen LogP contribution in [0.2, 0.25) is 0 Å². The van der Waals surface area contributed by atoms with Gasteiger partial charge < -0.3 is 9.64 Å². The van der Waals surface area contributed by atoms with Gasteiger partial charge in [-0.1, -0.05) is 0 Å². The standard InChI is InChI=1S/C12H12BrF3N2O2/c1-20-11(19)9-3-2-4-18(9)10-8(12(14,15)16)5-7(13)6-17-10/h5-6,9H,2-4H2,1H3. The Balaban J connectivity index is 2.44. The molecule has 0 aromatic carbocycles. The number of alkyl halides is 3. The van der Waals surface area contributed by atoms with Crippen molar-refractivity contribution < 1.29 is 22.7 Å². The maximum absolute atomic E-state index is 13.1. The zero-order valence-electron chi connectivity index (χ0n) is 10.6. The summed E-state index contributed by atoms with van der Waals surface area (Å²) in [6, 6.07) is 0.254. The van der Waals surface area contributed by atoms with E-state index in [2.05, 4.69) is 25.7 Å². The fourth-order valence-corrected chi connectivity index (χ4v) is 2.60. The van der Waals surface area contributed by atoms with Gasteiger partial charge in [-0.2, -0.15) is 13.2 Å². The summed E-state index contributed by atoms with van der Waals surface area (Å²) in [6.45, 7) is 0.345. The van der Waals surface area contributed by atoms with Gasteiger partial charge in [-0.15, -0.1) is 0 Å². The predicted octanol–water partition coefficient (Wildman–Crippen LogP) is 3.00.